The predicted octanol–water partition coefficient (Wildman–Crippen LogP) is -1.11. The van der Waals surface area contributed by atoms with E-state index in [1.807, 2.05) is 0 Å². The topological polar surface area (TPSA) is 95.6 Å². The molecule has 1 N–H and O–H groups in total. The van der Waals surface area contributed by atoms with Gasteiger partial charge in [-0.1, -0.05) is 0 Å². The molecule has 106 valence electrons. The number of H-pyrrole nitrogens is 1. The lowest BCUT2D eigenvalue weighted by Gasteiger charge is -2.33. The second-order valence-corrected chi connectivity index (χ2v) is 6.04. The average Bonchev–Trinajstić information content (AvgIpc) is 2.94. The first-order valence-electron chi connectivity index (χ1n) is 5.81. The van der Waals surface area contributed by atoms with Gasteiger partial charge in [-0.3, -0.25) is 4.79 Å². The lowest BCUT2D eigenvalue weighted by atomic mass is 10.3. The average molecular weight is 288 g/mol. The van der Waals surface area contributed by atoms with Crippen LogP contribution < -0.4 is 0 Å². The summed E-state index contributed by atoms with van der Waals surface area (Å²) in [6, 6.07) is 0. The van der Waals surface area contributed by atoms with E-state index < -0.39 is 10.0 Å². The zero-order chi connectivity index (χ0) is 13.9. The lowest BCUT2D eigenvalue weighted by molar-refractivity contribution is -0.136. The Balaban J connectivity index is 1.99. The van der Waals surface area contributed by atoms with Crippen LogP contribution in [0.4, 0.5) is 0 Å². The number of hydrogen-bond acceptors (Lipinski definition) is 5. The Morgan fingerprint density at radius 3 is 2.63 bits per heavy atom. The molecule has 0 radical (unpaired) electrons. The van der Waals surface area contributed by atoms with Gasteiger partial charge >= 0.3 is 0 Å². The van der Waals surface area contributed by atoms with Gasteiger partial charge in [-0.25, -0.2) is 13.4 Å². The van der Waals surface area contributed by atoms with Crippen molar-refractivity contribution < 1.29 is 17.9 Å². The van der Waals surface area contributed by atoms with Crippen molar-refractivity contribution >= 4 is 15.9 Å². The monoisotopic (exact) mass is 288 g/mol. The molecule has 1 amide bonds. The third-order valence-corrected chi connectivity index (χ3v) is 4.77. The highest BCUT2D eigenvalue weighted by Crippen LogP contribution is 2.14. The van der Waals surface area contributed by atoms with E-state index in [1.165, 1.54) is 23.9 Å². The number of carbonyl (C=O) groups is 1. The van der Waals surface area contributed by atoms with Gasteiger partial charge in [0.25, 0.3) is 10.0 Å². The van der Waals surface area contributed by atoms with Gasteiger partial charge in [-0.2, -0.15) is 4.31 Å². The third kappa shape index (κ3) is 2.94. The van der Waals surface area contributed by atoms with E-state index >= 15 is 0 Å². The summed E-state index contributed by atoms with van der Waals surface area (Å²) in [5.41, 5.74) is 0. The molecular formula is C10H16N4O4S. The third-order valence-electron chi connectivity index (χ3n) is 2.95. The molecule has 1 fully saturated rings. The summed E-state index contributed by atoms with van der Waals surface area (Å²) in [6.45, 7) is 1.31. The van der Waals surface area contributed by atoms with Gasteiger partial charge in [0.1, 0.15) is 6.61 Å². The highest BCUT2D eigenvalue weighted by molar-refractivity contribution is 7.89. The Hall–Kier alpha value is -1.45. The Kier molecular flexibility index (Phi) is 4.17. The fraction of sp³-hybridized carbons (Fsp3) is 0.600. The van der Waals surface area contributed by atoms with Crippen LogP contribution in [0.5, 0.6) is 0 Å². The molecule has 0 aromatic carbocycles. The van der Waals surface area contributed by atoms with E-state index in [-0.39, 0.29) is 30.6 Å². The summed E-state index contributed by atoms with van der Waals surface area (Å²) in [5, 5.41) is 0.0733. The highest BCUT2D eigenvalue weighted by Gasteiger charge is 2.30. The van der Waals surface area contributed by atoms with Crippen LogP contribution in [0.25, 0.3) is 0 Å². The second kappa shape index (κ2) is 5.68. The Morgan fingerprint density at radius 2 is 2.11 bits per heavy atom. The van der Waals surface area contributed by atoms with Crippen molar-refractivity contribution in [1.82, 2.24) is 19.2 Å². The molecule has 9 heteroatoms. The fourth-order valence-corrected chi connectivity index (χ4v) is 3.23. The SMILES string of the molecule is COCC(=O)N1CCN(S(=O)(=O)c2cnc[nH]2)CC1. The minimum Gasteiger partial charge on any atom is -0.375 e. The number of aromatic amines is 1. The van der Waals surface area contributed by atoms with E-state index in [0.717, 1.165) is 0 Å². The van der Waals surface area contributed by atoms with E-state index in [1.54, 1.807) is 4.90 Å². The van der Waals surface area contributed by atoms with Gasteiger partial charge in [-0.15, -0.1) is 0 Å². The number of carbonyl (C=O) groups excluding carboxylic acids is 1. The minimum absolute atomic E-state index is 0.0211. The first kappa shape index (κ1) is 14.0. The van der Waals surface area contributed by atoms with Crippen LogP contribution in [0.3, 0.4) is 0 Å². The number of imidazole rings is 1. The standard InChI is InChI=1S/C10H16N4O4S/c1-18-7-10(15)13-2-4-14(5-3-13)19(16,17)9-6-11-8-12-9/h6,8H,2-5,7H2,1H3,(H,11,12). The molecule has 0 saturated carbocycles. The van der Waals surface area contributed by atoms with Crippen LogP contribution in [0.1, 0.15) is 0 Å². The quantitative estimate of drug-likeness (QED) is 0.758. The smallest absolute Gasteiger partial charge is 0.260 e. The van der Waals surface area contributed by atoms with E-state index in [0.29, 0.717) is 13.1 Å². The van der Waals surface area contributed by atoms with Crippen LogP contribution in [0, 0.1) is 0 Å². The number of methoxy groups -OCH3 is 1. The molecule has 19 heavy (non-hydrogen) atoms. The first-order valence-corrected chi connectivity index (χ1v) is 7.25. The van der Waals surface area contributed by atoms with Gasteiger partial charge < -0.3 is 14.6 Å². The van der Waals surface area contributed by atoms with Crippen LogP contribution in [0.2, 0.25) is 0 Å². The molecule has 0 unspecified atom stereocenters. The number of sulfonamides is 1. The summed E-state index contributed by atoms with van der Waals surface area (Å²) in [4.78, 5) is 19.5. The van der Waals surface area contributed by atoms with Crippen molar-refractivity contribution in [2.24, 2.45) is 0 Å². The number of amides is 1. The summed E-state index contributed by atoms with van der Waals surface area (Å²) >= 11 is 0. The van der Waals surface area contributed by atoms with Crippen molar-refractivity contribution in [3.8, 4) is 0 Å². The van der Waals surface area contributed by atoms with Crippen molar-refractivity contribution in [3.63, 3.8) is 0 Å². The van der Waals surface area contributed by atoms with Crippen molar-refractivity contribution in [1.29, 1.82) is 0 Å². The molecule has 8 nitrogen and oxygen atoms in total. The number of aromatic nitrogens is 2. The van der Waals surface area contributed by atoms with Gasteiger partial charge in [0, 0.05) is 33.3 Å². The molecule has 1 aliphatic heterocycles. The molecule has 1 aliphatic rings. The van der Waals surface area contributed by atoms with Crippen LogP contribution >= 0.6 is 0 Å². The zero-order valence-electron chi connectivity index (χ0n) is 10.6. The highest BCUT2D eigenvalue weighted by atomic mass is 32.2. The molecule has 2 heterocycles. The minimum atomic E-state index is -3.53. The van der Waals surface area contributed by atoms with Gasteiger partial charge in [0.05, 0.1) is 12.5 Å². The molecular weight excluding hydrogens is 272 g/mol. The number of rotatable bonds is 4. The summed E-state index contributed by atoms with van der Waals surface area (Å²) in [7, 11) is -2.08. The van der Waals surface area contributed by atoms with Crippen LogP contribution in [-0.2, 0) is 19.6 Å². The maximum Gasteiger partial charge on any atom is 0.260 e. The molecule has 2 rings (SSSR count). The maximum atomic E-state index is 12.2. The largest absolute Gasteiger partial charge is 0.375 e. The van der Waals surface area contributed by atoms with E-state index in [9.17, 15) is 13.2 Å². The van der Waals surface area contributed by atoms with Crippen molar-refractivity contribution in [2.45, 2.75) is 5.03 Å². The van der Waals surface area contributed by atoms with Crippen LogP contribution in [-0.4, -0.2) is 73.4 Å². The summed E-state index contributed by atoms with van der Waals surface area (Å²) < 4.78 is 30.5. The Morgan fingerprint density at radius 1 is 1.42 bits per heavy atom. The molecule has 1 aromatic heterocycles. The second-order valence-electron chi connectivity index (χ2n) is 4.13. The van der Waals surface area contributed by atoms with Gasteiger partial charge in [-0.05, 0) is 0 Å². The molecule has 1 saturated heterocycles. The Bertz CT molecular complexity index is 520. The van der Waals surface area contributed by atoms with Crippen molar-refractivity contribution in [3.05, 3.63) is 12.5 Å². The fourth-order valence-electron chi connectivity index (χ4n) is 1.92. The lowest BCUT2D eigenvalue weighted by Crippen LogP contribution is -2.51. The molecule has 0 spiro atoms. The molecule has 0 bridgehead atoms. The Labute approximate surface area is 111 Å². The van der Waals surface area contributed by atoms with Gasteiger partial charge in [0.15, 0.2) is 5.03 Å². The number of ether oxygens (including phenoxy) is 1. The number of hydrogen-bond donors (Lipinski definition) is 1. The zero-order valence-corrected chi connectivity index (χ0v) is 11.4. The first-order chi connectivity index (χ1) is 9.05. The van der Waals surface area contributed by atoms with Crippen LogP contribution in [0.15, 0.2) is 17.6 Å². The van der Waals surface area contributed by atoms with Crippen molar-refractivity contribution in [2.75, 3.05) is 39.9 Å². The summed E-state index contributed by atoms with van der Waals surface area (Å²) in [6.07, 6.45) is 2.60. The van der Waals surface area contributed by atoms with E-state index in [2.05, 4.69) is 9.97 Å². The van der Waals surface area contributed by atoms with Gasteiger partial charge in [0.2, 0.25) is 5.91 Å². The molecule has 0 atom stereocenters. The van der Waals surface area contributed by atoms with E-state index in [4.69, 9.17) is 4.74 Å². The summed E-state index contributed by atoms with van der Waals surface area (Å²) in [5.74, 6) is -0.124. The number of nitrogens with one attached hydrogen (secondary N) is 1. The predicted molar refractivity (Wildman–Crippen MR) is 65.8 cm³/mol. The maximum absolute atomic E-state index is 12.2. The molecule has 0 aliphatic carbocycles. The number of nitrogens with zero attached hydrogens (tertiary/aromatic N) is 3. The molecule has 1 aromatic rings. The normalized spacial score (nSPS) is 17.6. The number of piperazine rings is 1.